The third-order valence-corrected chi connectivity index (χ3v) is 9.18. The highest BCUT2D eigenvalue weighted by Crippen LogP contribution is 2.48. The smallest absolute Gasteiger partial charge is 0.201 e. The Morgan fingerprint density at radius 3 is 1.02 bits per heavy atom. The number of hydrogen-bond donors (Lipinski definition) is 0. The Kier molecular flexibility index (Phi) is 3.47. The Bertz CT molecular complexity index is 2630. The molecule has 8 nitrogen and oxygen atoms in total. The minimum Gasteiger partial charge on any atom is -0.313 e. The van der Waals surface area contributed by atoms with E-state index in [0.717, 1.165) is 88.3 Å². The van der Waals surface area contributed by atoms with Gasteiger partial charge >= 0.3 is 0 Å². The van der Waals surface area contributed by atoms with Crippen LogP contribution in [0.15, 0.2) is 117 Å². The van der Waals surface area contributed by atoms with Gasteiger partial charge in [0.1, 0.15) is 45.2 Å². The molecule has 4 aromatic carbocycles. The van der Waals surface area contributed by atoms with Gasteiger partial charge in [-0.2, -0.15) is 0 Å². The average molecular weight is 541 g/mol. The maximum absolute atomic E-state index is 5.47. The number of hydrogen-bond acceptors (Lipinski definition) is 4. The highest BCUT2D eigenvalue weighted by Gasteiger charge is 2.37. The molecule has 196 valence electrons. The normalized spacial score (nSPS) is 15.8. The zero-order valence-corrected chi connectivity index (χ0v) is 22.4. The summed E-state index contributed by atoms with van der Waals surface area (Å²) in [7, 11) is 2.06. The Labute approximate surface area is 236 Å². The second kappa shape index (κ2) is 6.92. The van der Waals surface area contributed by atoms with Gasteiger partial charge in [0.05, 0.1) is 0 Å². The van der Waals surface area contributed by atoms with Gasteiger partial charge in [-0.3, -0.25) is 13.7 Å². The average Bonchev–Trinajstić information content (AvgIpc) is 3.72. The molecule has 7 heterocycles. The SMILES string of the molecule is Cn1c2c3ccccc3c1=Nc1c3ccccc3c3n1C1n4c(c5ccccc5c4N=c4c5ccccc5c(n41)=N3)N=2. The number of benzene rings is 4. The van der Waals surface area contributed by atoms with Crippen LogP contribution in [0.1, 0.15) is 6.29 Å². The van der Waals surface area contributed by atoms with Crippen LogP contribution in [-0.4, -0.2) is 18.3 Å². The van der Waals surface area contributed by atoms with Gasteiger partial charge in [-0.1, -0.05) is 97.1 Å². The van der Waals surface area contributed by atoms with Crippen molar-refractivity contribution in [2.24, 2.45) is 27.0 Å². The summed E-state index contributed by atoms with van der Waals surface area (Å²) >= 11 is 0. The van der Waals surface area contributed by atoms with Gasteiger partial charge in [0, 0.05) is 50.1 Å². The van der Waals surface area contributed by atoms with E-state index in [9.17, 15) is 0 Å². The lowest BCUT2D eigenvalue weighted by atomic mass is 10.2. The predicted octanol–water partition coefficient (Wildman–Crippen LogP) is 5.34. The van der Waals surface area contributed by atoms with Gasteiger partial charge < -0.3 is 4.57 Å². The monoisotopic (exact) mass is 540 g/mol. The van der Waals surface area contributed by atoms with E-state index < -0.39 is 0 Å². The first-order valence-electron chi connectivity index (χ1n) is 14.1. The summed E-state index contributed by atoms with van der Waals surface area (Å²) in [4.78, 5) is 21.7. The summed E-state index contributed by atoms with van der Waals surface area (Å²) in [6.07, 6.45) is -0.327. The van der Waals surface area contributed by atoms with E-state index in [4.69, 9.17) is 20.0 Å². The van der Waals surface area contributed by atoms with E-state index in [1.807, 2.05) is 0 Å². The molecule has 0 fully saturated rings. The van der Waals surface area contributed by atoms with Crippen molar-refractivity contribution < 1.29 is 0 Å². The molecule has 42 heavy (non-hydrogen) atoms. The molecule has 11 rings (SSSR count). The van der Waals surface area contributed by atoms with Gasteiger partial charge in [0.25, 0.3) is 0 Å². The summed E-state index contributed by atoms with van der Waals surface area (Å²) in [6, 6.07) is 33.8. The summed E-state index contributed by atoms with van der Waals surface area (Å²) < 4.78 is 8.98. The van der Waals surface area contributed by atoms with Gasteiger partial charge in [0.2, 0.25) is 6.29 Å². The van der Waals surface area contributed by atoms with Crippen molar-refractivity contribution >= 4 is 66.4 Å². The van der Waals surface area contributed by atoms with Gasteiger partial charge in [0.15, 0.2) is 0 Å². The largest absolute Gasteiger partial charge is 0.313 e. The molecule has 8 aromatic rings. The summed E-state index contributed by atoms with van der Waals surface area (Å²) in [6.45, 7) is 0. The lowest BCUT2D eigenvalue weighted by Gasteiger charge is -2.31. The van der Waals surface area contributed by atoms with Crippen LogP contribution in [0.2, 0.25) is 0 Å². The number of rotatable bonds is 0. The molecule has 0 saturated heterocycles. The van der Waals surface area contributed by atoms with E-state index >= 15 is 0 Å². The van der Waals surface area contributed by atoms with Crippen LogP contribution in [-0.2, 0) is 7.05 Å². The molecule has 3 aliphatic heterocycles. The summed E-state index contributed by atoms with van der Waals surface area (Å²) in [5.74, 6) is 3.54. The van der Waals surface area contributed by atoms with Crippen LogP contribution in [0.3, 0.4) is 0 Å². The standard InChI is InChI=1S/C34H20N8/c1-39-26-18-10-2-3-11-19(18)27(39)36-29-21-13-5-7-15-23(21)31-38-33-25-17-9-8-16-24(25)32-37-30-22-14-6-4-12-20(22)28(35-26)40(30)34(41(29)31)42(32)33/h2-17,34H,1H3. The fourth-order valence-corrected chi connectivity index (χ4v) is 7.39. The van der Waals surface area contributed by atoms with E-state index in [2.05, 4.69) is 122 Å². The van der Waals surface area contributed by atoms with E-state index in [-0.39, 0.29) is 6.29 Å². The van der Waals surface area contributed by atoms with Crippen molar-refractivity contribution in [2.75, 3.05) is 0 Å². The molecule has 0 spiro atoms. The van der Waals surface area contributed by atoms with Gasteiger partial charge in [-0.15, -0.1) is 0 Å². The maximum Gasteiger partial charge on any atom is 0.201 e. The van der Waals surface area contributed by atoms with E-state index in [0.29, 0.717) is 0 Å². The Morgan fingerprint density at radius 1 is 0.381 bits per heavy atom. The molecular weight excluding hydrogens is 520 g/mol. The zero-order valence-electron chi connectivity index (χ0n) is 22.4. The van der Waals surface area contributed by atoms with Crippen LogP contribution in [0.5, 0.6) is 0 Å². The van der Waals surface area contributed by atoms with Crippen molar-refractivity contribution in [3.05, 3.63) is 119 Å². The molecule has 3 aliphatic rings. The summed E-state index contributed by atoms with van der Waals surface area (Å²) in [5, 5.41) is 8.61. The Morgan fingerprint density at radius 2 is 0.667 bits per heavy atom. The van der Waals surface area contributed by atoms with Crippen molar-refractivity contribution in [3.8, 4) is 0 Å². The predicted molar refractivity (Wildman–Crippen MR) is 162 cm³/mol. The summed E-state index contributed by atoms with van der Waals surface area (Å²) in [5.41, 5.74) is 3.58. The second-order valence-electron chi connectivity index (χ2n) is 11.2. The second-order valence-corrected chi connectivity index (χ2v) is 11.2. The van der Waals surface area contributed by atoms with E-state index in [1.54, 1.807) is 0 Å². The maximum atomic E-state index is 5.47. The molecule has 0 aliphatic carbocycles. The Hall–Kier alpha value is -5.76. The van der Waals surface area contributed by atoms with Gasteiger partial charge in [-0.05, 0) is 0 Å². The van der Waals surface area contributed by atoms with Crippen molar-refractivity contribution in [3.63, 3.8) is 0 Å². The van der Waals surface area contributed by atoms with E-state index in [1.165, 1.54) is 0 Å². The molecule has 0 amide bonds. The molecule has 0 unspecified atom stereocenters. The molecule has 0 radical (unpaired) electrons. The molecule has 4 aromatic heterocycles. The highest BCUT2D eigenvalue weighted by molar-refractivity contribution is 6.03. The fraction of sp³-hybridized carbons (Fsp3) is 0.0588. The number of nitrogens with zero attached hydrogens (tertiary/aromatic N) is 8. The van der Waals surface area contributed by atoms with Crippen LogP contribution >= 0.6 is 0 Å². The van der Waals surface area contributed by atoms with Crippen LogP contribution < -0.4 is 22.0 Å². The van der Waals surface area contributed by atoms with Gasteiger partial charge in [-0.25, -0.2) is 20.0 Å². The van der Waals surface area contributed by atoms with Crippen LogP contribution in [0, 0.1) is 0 Å². The highest BCUT2D eigenvalue weighted by atomic mass is 15.5. The fourth-order valence-electron chi connectivity index (χ4n) is 7.39. The minimum atomic E-state index is -0.327. The molecule has 0 atom stereocenters. The molecular formula is C34H20N8. The van der Waals surface area contributed by atoms with Crippen LogP contribution in [0.25, 0.3) is 43.1 Å². The molecule has 0 N–H and O–H groups in total. The molecule has 2 bridgehead atoms. The number of fused-ring (bicyclic) bond motifs is 14. The topological polar surface area (TPSA) is 69.2 Å². The number of aromatic nitrogens is 4. The lowest BCUT2D eigenvalue weighted by molar-refractivity contribution is 0.341. The third-order valence-electron chi connectivity index (χ3n) is 9.18. The molecule has 0 saturated carbocycles. The van der Waals surface area contributed by atoms with Crippen LogP contribution in [0.4, 0.5) is 23.3 Å². The minimum absolute atomic E-state index is 0.327. The molecule has 8 heteroatoms. The zero-order chi connectivity index (χ0) is 27.3. The van der Waals surface area contributed by atoms with Crippen molar-refractivity contribution in [1.29, 1.82) is 0 Å². The Balaban J connectivity index is 1.51. The quantitative estimate of drug-likeness (QED) is 0.249. The first-order valence-corrected chi connectivity index (χ1v) is 14.1. The third kappa shape index (κ3) is 2.23. The van der Waals surface area contributed by atoms with Crippen molar-refractivity contribution in [2.45, 2.75) is 6.29 Å². The first-order chi connectivity index (χ1) is 20.8. The first kappa shape index (κ1) is 21.0. The lowest BCUT2D eigenvalue weighted by Crippen LogP contribution is -2.43. The van der Waals surface area contributed by atoms with Crippen molar-refractivity contribution in [1.82, 2.24) is 18.3 Å².